The largest absolute Gasteiger partial charge is 0.390 e. The van der Waals surface area contributed by atoms with E-state index in [1.54, 1.807) is 10.9 Å². The number of aliphatic hydroxyl groups excluding tert-OH is 1. The fourth-order valence-electron chi connectivity index (χ4n) is 0.894. The first-order valence-electron chi connectivity index (χ1n) is 4.29. The molecule has 0 fully saturated rings. The van der Waals surface area contributed by atoms with Gasteiger partial charge in [0.2, 0.25) is 0 Å². The summed E-state index contributed by atoms with van der Waals surface area (Å²) in [7, 11) is 0. The van der Waals surface area contributed by atoms with E-state index in [4.69, 9.17) is 9.84 Å². The molecule has 0 amide bonds. The summed E-state index contributed by atoms with van der Waals surface area (Å²) >= 11 is 0. The van der Waals surface area contributed by atoms with Gasteiger partial charge < -0.3 is 9.84 Å². The number of hydrogen-bond acceptors (Lipinski definition) is 5. The van der Waals surface area contributed by atoms with Crippen LogP contribution in [0.25, 0.3) is 0 Å². The molecule has 1 aromatic rings. The highest BCUT2D eigenvalue weighted by Gasteiger charge is 1.99. The maximum Gasteiger partial charge on any atom is 0.155 e. The maximum atomic E-state index is 10.5. The van der Waals surface area contributed by atoms with Gasteiger partial charge in [0, 0.05) is 0 Å². The van der Waals surface area contributed by atoms with Gasteiger partial charge in [0.05, 0.1) is 26.0 Å². The van der Waals surface area contributed by atoms with E-state index in [0.29, 0.717) is 18.8 Å². The van der Waals surface area contributed by atoms with E-state index in [0.717, 1.165) is 0 Å². The van der Waals surface area contributed by atoms with Gasteiger partial charge in [0.1, 0.15) is 12.3 Å². The van der Waals surface area contributed by atoms with Crippen molar-refractivity contribution in [3.05, 3.63) is 11.9 Å². The first-order chi connectivity index (χ1) is 6.72. The minimum absolute atomic E-state index is 0.000336. The molecule has 0 unspecified atom stereocenters. The van der Waals surface area contributed by atoms with Crippen LogP contribution in [0.3, 0.4) is 0 Å². The van der Waals surface area contributed by atoms with Gasteiger partial charge in [0.15, 0.2) is 5.78 Å². The number of aromatic nitrogens is 3. The second-order valence-electron chi connectivity index (χ2n) is 2.89. The quantitative estimate of drug-likeness (QED) is 0.617. The predicted octanol–water partition coefficient (Wildman–Crippen LogP) is -0.624. The molecular formula is C8H13N3O3. The molecule has 1 rings (SSSR count). The molecule has 0 atom stereocenters. The van der Waals surface area contributed by atoms with Gasteiger partial charge in [-0.2, -0.15) is 0 Å². The number of nitrogens with zero attached hydrogens (tertiary/aromatic N) is 3. The standard InChI is InChI=1S/C8H13N3O3/c1-7(13)6-14-3-2-11-4-8(5-12)9-10-11/h4,12H,2-3,5-6H2,1H3. The molecule has 0 aromatic carbocycles. The van der Waals surface area contributed by atoms with Crippen LogP contribution in [0.4, 0.5) is 0 Å². The van der Waals surface area contributed by atoms with Crippen molar-refractivity contribution in [1.82, 2.24) is 15.0 Å². The first-order valence-corrected chi connectivity index (χ1v) is 4.29. The van der Waals surface area contributed by atoms with E-state index in [1.165, 1.54) is 6.92 Å². The molecule has 1 heterocycles. The highest BCUT2D eigenvalue weighted by molar-refractivity contribution is 5.76. The van der Waals surface area contributed by atoms with E-state index >= 15 is 0 Å². The molecule has 6 heteroatoms. The lowest BCUT2D eigenvalue weighted by Gasteiger charge is -2.00. The van der Waals surface area contributed by atoms with Gasteiger partial charge in [-0.05, 0) is 6.92 Å². The van der Waals surface area contributed by atoms with E-state index < -0.39 is 0 Å². The van der Waals surface area contributed by atoms with Crippen LogP contribution in [-0.2, 0) is 22.7 Å². The topological polar surface area (TPSA) is 77.2 Å². The van der Waals surface area contributed by atoms with Gasteiger partial charge >= 0.3 is 0 Å². The molecule has 0 radical (unpaired) electrons. The van der Waals surface area contributed by atoms with Crippen LogP contribution in [0.5, 0.6) is 0 Å². The Bertz CT molecular complexity index is 298. The lowest BCUT2D eigenvalue weighted by atomic mass is 10.5. The number of aliphatic hydroxyl groups is 1. The van der Waals surface area contributed by atoms with E-state index in [-0.39, 0.29) is 19.0 Å². The second kappa shape index (κ2) is 5.46. The Balaban J connectivity index is 2.21. The van der Waals surface area contributed by atoms with Crippen LogP contribution in [0.1, 0.15) is 12.6 Å². The fraction of sp³-hybridized carbons (Fsp3) is 0.625. The number of carbonyl (C=O) groups excluding carboxylic acids is 1. The van der Waals surface area contributed by atoms with Crippen LogP contribution < -0.4 is 0 Å². The predicted molar refractivity (Wildman–Crippen MR) is 47.4 cm³/mol. The Hall–Kier alpha value is -1.27. The van der Waals surface area contributed by atoms with Crippen molar-refractivity contribution in [2.45, 2.75) is 20.1 Å². The molecular weight excluding hydrogens is 186 g/mol. The number of carbonyl (C=O) groups is 1. The fourth-order valence-corrected chi connectivity index (χ4v) is 0.894. The number of rotatable bonds is 6. The Morgan fingerprint density at radius 2 is 2.50 bits per heavy atom. The summed E-state index contributed by atoms with van der Waals surface area (Å²) in [6, 6.07) is 0. The monoisotopic (exact) mass is 199 g/mol. The molecule has 1 aromatic heterocycles. The summed E-state index contributed by atoms with van der Waals surface area (Å²) < 4.78 is 6.60. The van der Waals surface area contributed by atoms with E-state index in [1.807, 2.05) is 0 Å². The van der Waals surface area contributed by atoms with Gasteiger partial charge in [-0.15, -0.1) is 5.10 Å². The zero-order chi connectivity index (χ0) is 10.4. The van der Waals surface area contributed by atoms with Crippen molar-refractivity contribution in [2.24, 2.45) is 0 Å². The number of Topliss-reactive ketones (excluding diaryl/α,β-unsaturated/α-hetero) is 1. The minimum atomic E-state index is -0.117. The highest BCUT2D eigenvalue weighted by atomic mass is 16.5. The second-order valence-corrected chi connectivity index (χ2v) is 2.89. The smallest absolute Gasteiger partial charge is 0.155 e. The summed E-state index contributed by atoms with van der Waals surface area (Å²) in [5.74, 6) is -0.000336. The summed E-state index contributed by atoms with van der Waals surface area (Å²) in [5.41, 5.74) is 0.525. The Kier molecular flexibility index (Phi) is 4.21. The van der Waals surface area contributed by atoms with Crippen LogP contribution in [0.2, 0.25) is 0 Å². The van der Waals surface area contributed by atoms with Crippen LogP contribution in [0.15, 0.2) is 6.20 Å². The number of ketones is 1. The first kappa shape index (κ1) is 10.8. The van der Waals surface area contributed by atoms with Gasteiger partial charge in [0.25, 0.3) is 0 Å². The van der Waals surface area contributed by atoms with Crippen molar-refractivity contribution in [3.63, 3.8) is 0 Å². The summed E-state index contributed by atoms with van der Waals surface area (Å²) in [6.07, 6.45) is 1.64. The Labute approximate surface area is 81.5 Å². The molecule has 0 saturated carbocycles. The summed E-state index contributed by atoms with van der Waals surface area (Å²) in [4.78, 5) is 10.5. The van der Waals surface area contributed by atoms with Gasteiger partial charge in [-0.25, -0.2) is 4.68 Å². The maximum absolute atomic E-state index is 10.5. The van der Waals surface area contributed by atoms with Crippen molar-refractivity contribution in [1.29, 1.82) is 0 Å². The van der Waals surface area contributed by atoms with Crippen molar-refractivity contribution >= 4 is 5.78 Å². The zero-order valence-electron chi connectivity index (χ0n) is 8.01. The molecule has 6 nitrogen and oxygen atoms in total. The molecule has 0 aliphatic rings. The van der Waals surface area contributed by atoms with Crippen LogP contribution in [0, 0.1) is 0 Å². The molecule has 0 aliphatic heterocycles. The van der Waals surface area contributed by atoms with E-state index in [9.17, 15) is 4.79 Å². The van der Waals surface area contributed by atoms with Crippen molar-refractivity contribution in [2.75, 3.05) is 13.2 Å². The lowest BCUT2D eigenvalue weighted by molar-refractivity contribution is -0.121. The molecule has 78 valence electrons. The molecule has 0 aliphatic carbocycles. The minimum Gasteiger partial charge on any atom is -0.390 e. The Morgan fingerprint density at radius 1 is 1.71 bits per heavy atom. The molecule has 0 bridgehead atoms. The number of hydrogen-bond donors (Lipinski definition) is 1. The number of ether oxygens (including phenoxy) is 1. The molecule has 1 N–H and O–H groups in total. The lowest BCUT2D eigenvalue weighted by Crippen LogP contribution is -2.10. The van der Waals surface area contributed by atoms with Crippen molar-refractivity contribution in [3.8, 4) is 0 Å². The SMILES string of the molecule is CC(=O)COCCn1cc(CO)nn1. The Morgan fingerprint density at radius 3 is 3.07 bits per heavy atom. The van der Waals surface area contributed by atoms with Crippen molar-refractivity contribution < 1.29 is 14.6 Å². The average molecular weight is 199 g/mol. The van der Waals surface area contributed by atoms with Crippen LogP contribution in [-0.4, -0.2) is 39.1 Å². The van der Waals surface area contributed by atoms with E-state index in [2.05, 4.69) is 10.3 Å². The van der Waals surface area contributed by atoms with Crippen LogP contribution >= 0.6 is 0 Å². The molecule has 0 saturated heterocycles. The summed E-state index contributed by atoms with van der Waals surface area (Å²) in [5, 5.41) is 16.1. The normalized spacial score (nSPS) is 10.4. The van der Waals surface area contributed by atoms with Gasteiger partial charge in [-0.3, -0.25) is 4.79 Å². The third-order valence-electron chi connectivity index (χ3n) is 1.52. The summed E-state index contributed by atoms with van der Waals surface area (Å²) in [6.45, 7) is 2.42. The highest BCUT2D eigenvalue weighted by Crippen LogP contribution is 1.92. The molecule has 14 heavy (non-hydrogen) atoms. The van der Waals surface area contributed by atoms with Gasteiger partial charge in [-0.1, -0.05) is 5.21 Å². The molecule has 0 spiro atoms. The average Bonchev–Trinajstić information content (AvgIpc) is 2.60. The third-order valence-corrected chi connectivity index (χ3v) is 1.52. The third kappa shape index (κ3) is 3.63. The zero-order valence-corrected chi connectivity index (χ0v) is 8.01.